The molecule has 0 rings (SSSR count). The van der Waals surface area contributed by atoms with Crippen molar-refractivity contribution >= 4 is 7.41 Å². The molecule has 1 N–H and O–H groups in total. The summed E-state index contributed by atoms with van der Waals surface area (Å²) in [5.41, 5.74) is 8.03. The van der Waals surface area contributed by atoms with Crippen LogP contribution < -0.4 is 0 Å². The van der Waals surface area contributed by atoms with Crippen LogP contribution >= 0.6 is 7.41 Å². The van der Waals surface area contributed by atoms with Gasteiger partial charge in [0.25, 0.3) is 0 Å². The first kappa shape index (κ1) is 27.0. The van der Waals surface area contributed by atoms with Gasteiger partial charge >= 0.3 is 173 Å². The maximum atomic E-state index is 8.03. The molecule has 0 atom stereocenters. The normalized spacial score (nSPS) is 12.4. The van der Waals surface area contributed by atoms with Gasteiger partial charge in [-0.15, -0.1) is 0 Å². The van der Waals surface area contributed by atoms with Gasteiger partial charge in [0.1, 0.15) is 0 Å². The van der Waals surface area contributed by atoms with E-state index in [0.717, 1.165) is 0 Å². The van der Waals surface area contributed by atoms with Gasteiger partial charge in [-0.3, -0.25) is 0 Å². The summed E-state index contributed by atoms with van der Waals surface area (Å²) in [7, 11) is -1.68. The molecule has 0 aromatic carbocycles. The molecule has 0 aromatic heterocycles. The fraction of sp³-hybridized carbons (Fsp3) is 1.00. The average molecular weight is 401 g/mol. The molecule has 0 heterocycles. The molecule has 0 unspecified atom stereocenters. The van der Waals surface area contributed by atoms with Gasteiger partial charge < -0.3 is 0 Å². The Kier molecular flexibility index (Phi) is 20.8. The van der Waals surface area contributed by atoms with E-state index in [4.69, 9.17) is 5.53 Å². The van der Waals surface area contributed by atoms with Gasteiger partial charge in [-0.05, 0) is 0 Å². The Morgan fingerprint density at radius 3 is 0.963 bits per heavy atom. The van der Waals surface area contributed by atoms with E-state index < -0.39 is 7.41 Å². The quantitative estimate of drug-likeness (QED) is 0.107. The summed E-state index contributed by atoms with van der Waals surface area (Å²) in [4.78, 5) is 4.41. The van der Waals surface area contributed by atoms with E-state index in [-0.39, 0.29) is 0 Å². The van der Waals surface area contributed by atoms with Crippen molar-refractivity contribution < 1.29 is 0 Å². The maximum absolute atomic E-state index is 8.03. The second-order valence-corrected chi connectivity index (χ2v) is 13.1. The van der Waals surface area contributed by atoms with Crippen molar-refractivity contribution in [2.75, 3.05) is 18.5 Å². The third-order valence-electron chi connectivity index (χ3n) is 6.22. The van der Waals surface area contributed by atoms with E-state index in [2.05, 4.69) is 25.7 Å². The van der Waals surface area contributed by atoms with Gasteiger partial charge in [0.05, 0.1) is 0 Å². The predicted octanol–water partition coefficient (Wildman–Crippen LogP) is 9.76. The first-order valence-electron chi connectivity index (χ1n) is 12.6. The van der Waals surface area contributed by atoms with Crippen LogP contribution in [0.25, 0.3) is 0 Å². The summed E-state index contributed by atoms with van der Waals surface area (Å²) in [5.74, 6) is 0. The third-order valence-corrected chi connectivity index (χ3v) is 10.6. The third kappa shape index (κ3) is 16.7. The van der Waals surface area contributed by atoms with E-state index in [1.807, 2.05) is 0 Å². The molecule has 0 spiro atoms. The number of rotatable bonds is 22. The van der Waals surface area contributed by atoms with Gasteiger partial charge in [-0.1, -0.05) is 0 Å². The number of nitrogens with one attached hydrogen (secondary N) is 1. The Hall–Kier alpha value is 0.0300. The summed E-state index contributed by atoms with van der Waals surface area (Å²) in [6, 6.07) is 0. The Balaban J connectivity index is 4.25. The van der Waals surface area contributed by atoms with E-state index in [9.17, 15) is 0 Å². The number of unbranched alkanes of at least 4 members (excludes halogenated alkanes) is 15. The number of hydrogen-bond donors (Lipinski definition) is 1. The Morgan fingerprint density at radius 1 is 0.444 bits per heavy atom. The molecule has 27 heavy (non-hydrogen) atoms. The van der Waals surface area contributed by atoms with Crippen LogP contribution in [0.2, 0.25) is 0 Å². The van der Waals surface area contributed by atoms with Crippen molar-refractivity contribution in [2.45, 2.75) is 136 Å². The van der Waals surface area contributed by atoms with E-state index >= 15 is 0 Å². The van der Waals surface area contributed by atoms with Crippen molar-refractivity contribution in [3.63, 3.8) is 0 Å². The van der Waals surface area contributed by atoms with Crippen LogP contribution in [0.4, 0.5) is 0 Å². The zero-order chi connectivity index (χ0) is 20.1. The van der Waals surface area contributed by atoms with Gasteiger partial charge in [-0.25, -0.2) is 0 Å². The molecular formula is C24H53N2P. The van der Waals surface area contributed by atoms with Crippen LogP contribution in [0, 0.1) is 5.53 Å². The second kappa shape index (κ2) is 20.8. The van der Waals surface area contributed by atoms with E-state index in [1.165, 1.54) is 134 Å². The molecular weight excluding hydrogens is 347 g/mol. The SMILES string of the molecule is CCCCCCCC[PH](CCCCCCCC)(CCCCCCCC)N=N. The number of nitrogens with zero attached hydrogens (tertiary/aromatic N) is 1. The first-order valence-corrected chi connectivity index (χ1v) is 15.2. The van der Waals surface area contributed by atoms with Gasteiger partial charge in [-0.2, -0.15) is 0 Å². The van der Waals surface area contributed by atoms with Gasteiger partial charge in [0, 0.05) is 0 Å². The zero-order valence-electron chi connectivity index (χ0n) is 19.3. The minimum absolute atomic E-state index is 1.30. The minimum atomic E-state index is -1.68. The molecule has 0 saturated heterocycles. The molecule has 0 aromatic rings. The first-order chi connectivity index (χ1) is 13.2. The Labute approximate surface area is 173 Å². The second-order valence-electron chi connectivity index (χ2n) is 8.89. The van der Waals surface area contributed by atoms with Crippen molar-refractivity contribution in [1.82, 2.24) is 0 Å². The molecule has 0 saturated carbocycles. The molecule has 0 aliphatic heterocycles. The molecule has 2 nitrogen and oxygen atoms in total. The van der Waals surface area contributed by atoms with Crippen LogP contribution in [0.5, 0.6) is 0 Å². The Morgan fingerprint density at radius 2 is 0.704 bits per heavy atom. The molecule has 164 valence electrons. The predicted molar refractivity (Wildman–Crippen MR) is 128 cm³/mol. The monoisotopic (exact) mass is 400 g/mol. The van der Waals surface area contributed by atoms with Crippen LogP contribution in [0.15, 0.2) is 4.88 Å². The van der Waals surface area contributed by atoms with E-state index in [1.54, 1.807) is 0 Å². The Bertz CT molecular complexity index is 266. The molecule has 0 fully saturated rings. The molecule has 0 radical (unpaired) electrons. The van der Waals surface area contributed by atoms with Crippen molar-refractivity contribution in [3.05, 3.63) is 0 Å². The topological polar surface area (TPSA) is 36.2 Å². The zero-order valence-corrected chi connectivity index (χ0v) is 20.3. The van der Waals surface area contributed by atoms with Crippen molar-refractivity contribution in [3.8, 4) is 0 Å². The molecule has 0 bridgehead atoms. The fourth-order valence-corrected chi connectivity index (χ4v) is 8.06. The van der Waals surface area contributed by atoms with E-state index in [0.29, 0.717) is 0 Å². The summed E-state index contributed by atoms with van der Waals surface area (Å²) in [6.45, 7) is 6.87. The van der Waals surface area contributed by atoms with Crippen molar-refractivity contribution in [2.24, 2.45) is 4.88 Å². The summed E-state index contributed by atoms with van der Waals surface area (Å²) < 4.78 is 0. The molecule has 3 heteroatoms. The summed E-state index contributed by atoms with van der Waals surface area (Å²) in [5, 5.41) is 0. The van der Waals surface area contributed by atoms with Gasteiger partial charge in [0.15, 0.2) is 0 Å². The standard InChI is InChI=1S/C24H53N2P/c1-4-7-10-13-16-19-22-27(26-25,23-20-17-14-11-8-5-2)24-21-18-15-12-9-6-3/h25,27H,4-24H2,1-3H3. The molecule has 0 aliphatic carbocycles. The van der Waals surface area contributed by atoms with Crippen LogP contribution in [0.3, 0.4) is 0 Å². The molecule has 0 aliphatic rings. The van der Waals surface area contributed by atoms with Crippen LogP contribution in [0.1, 0.15) is 136 Å². The summed E-state index contributed by atoms with van der Waals surface area (Å²) in [6.07, 6.45) is 28.6. The summed E-state index contributed by atoms with van der Waals surface area (Å²) >= 11 is 0. The van der Waals surface area contributed by atoms with Gasteiger partial charge in [0.2, 0.25) is 0 Å². The average Bonchev–Trinajstić information content (AvgIpc) is 2.69. The van der Waals surface area contributed by atoms with Crippen LogP contribution in [-0.2, 0) is 0 Å². The number of hydrogen-bond acceptors (Lipinski definition) is 2. The fourth-order valence-electron chi connectivity index (χ4n) is 4.25. The van der Waals surface area contributed by atoms with Crippen molar-refractivity contribution in [1.29, 1.82) is 5.53 Å². The molecule has 0 amide bonds. The van der Waals surface area contributed by atoms with Crippen LogP contribution in [-0.4, -0.2) is 18.5 Å².